The average molecular weight is 357 g/mol. The van der Waals surface area contributed by atoms with Gasteiger partial charge < -0.3 is 9.64 Å². The molecule has 2 fully saturated rings. The number of amides is 1. The highest BCUT2D eigenvalue weighted by atomic mass is 16.6. The maximum Gasteiger partial charge on any atom is 0.410 e. The molecule has 2 heterocycles. The number of fused-ring (bicyclic) bond motifs is 2. The van der Waals surface area contributed by atoms with Crippen LogP contribution in [-0.4, -0.2) is 34.5 Å². The Morgan fingerprint density at radius 3 is 2.04 bits per heavy atom. The number of carbonyl (C=O) groups excluding carboxylic acids is 2. The molecule has 2 bridgehead atoms. The SMILES string of the molecule is Cc1cc(C)c(C(=O)C2CC3CCC(C2)N3C(=O)OC(C)(C)C)cc1C. The first kappa shape index (κ1) is 18.9. The minimum Gasteiger partial charge on any atom is -0.444 e. The Hall–Kier alpha value is -1.84. The van der Waals surface area contributed by atoms with Crippen molar-refractivity contribution in [1.82, 2.24) is 4.90 Å². The van der Waals surface area contributed by atoms with E-state index in [0.717, 1.165) is 42.4 Å². The topological polar surface area (TPSA) is 46.6 Å². The fraction of sp³-hybridized carbons (Fsp3) is 0.636. The molecule has 0 radical (unpaired) electrons. The summed E-state index contributed by atoms with van der Waals surface area (Å²) in [6.07, 6.45) is 3.22. The highest BCUT2D eigenvalue weighted by Crippen LogP contribution is 2.41. The highest BCUT2D eigenvalue weighted by Gasteiger charge is 2.46. The second kappa shape index (κ2) is 6.71. The van der Waals surface area contributed by atoms with E-state index >= 15 is 0 Å². The van der Waals surface area contributed by atoms with Crippen LogP contribution >= 0.6 is 0 Å². The lowest BCUT2D eigenvalue weighted by Crippen LogP contribution is -2.49. The van der Waals surface area contributed by atoms with Gasteiger partial charge in [-0.1, -0.05) is 6.07 Å². The van der Waals surface area contributed by atoms with Gasteiger partial charge in [0.15, 0.2) is 5.78 Å². The first-order valence-electron chi connectivity index (χ1n) is 9.70. The van der Waals surface area contributed by atoms with Crippen LogP contribution in [0.4, 0.5) is 4.79 Å². The van der Waals surface area contributed by atoms with Crippen molar-refractivity contribution in [2.75, 3.05) is 0 Å². The standard InChI is InChI=1S/C22H31NO3/c1-13-9-15(3)19(10-14(13)2)20(24)16-11-17-7-8-18(12-16)23(17)21(25)26-22(4,5)6/h9-10,16-18H,7-8,11-12H2,1-6H3. The van der Waals surface area contributed by atoms with Crippen LogP contribution < -0.4 is 0 Å². The van der Waals surface area contributed by atoms with Crippen molar-refractivity contribution in [2.24, 2.45) is 5.92 Å². The summed E-state index contributed by atoms with van der Waals surface area (Å²) in [7, 11) is 0. The lowest BCUT2D eigenvalue weighted by molar-refractivity contribution is 0.00253. The monoisotopic (exact) mass is 357 g/mol. The molecule has 2 aliphatic rings. The van der Waals surface area contributed by atoms with Crippen molar-refractivity contribution in [3.63, 3.8) is 0 Å². The molecule has 1 amide bonds. The number of Topliss-reactive ketones (excluding diaryl/α,β-unsaturated/α-hetero) is 1. The van der Waals surface area contributed by atoms with Crippen LogP contribution in [0, 0.1) is 26.7 Å². The van der Waals surface area contributed by atoms with Crippen molar-refractivity contribution < 1.29 is 14.3 Å². The van der Waals surface area contributed by atoms with Crippen LogP contribution in [0.5, 0.6) is 0 Å². The van der Waals surface area contributed by atoms with E-state index in [-0.39, 0.29) is 29.9 Å². The molecule has 26 heavy (non-hydrogen) atoms. The summed E-state index contributed by atoms with van der Waals surface area (Å²) in [5.74, 6) is 0.248. The molecule has 0 N–H and O–H groups in total. The Morgan fingerprint density at radius 2 is 1.50 bits per heavy atom. The molecular formula is C22H31NO3. The molecule has 2 atom stereocenters. The van der Waals surface area contributed by atoms with Gasteiger partial charge in [0.1, 0.15) is 5.60 Å². The molecule has 4 nitrogen and oxygen atoms in total. The lowest BCUT2D eigenvalue weighted by Gasteiger charge is -2.39. The predicted octanol–water partition coefficient (Wildman–Crippen LogP) is 4.97. The molecule has 2 aliphatic heterocycles. The summed E-state index contributed by atoms with van der Waals surface area (Å²) in [6.45, 7) is 11.8. The summed E-state index contributed by atoms with van der Waals surface area (Å²) in [5, 5.41) is 0. The summed E-state index contributed by atoms with van der Waals surface area (Å²) < 4.78 is 5.59. The van der Waals surface area contributed by atoms with E-state index in [4.69, 9.17) is 4.74 Å². The molecule has 0 saturated carbocycles. The second-order valence-electron chi connectivity index (χ2n) is 9.06. The maximum atomic E-state index is 13.2. The molecule has 2 saturated heterocycles. The van der Waals surface area contributed by atoms with Gasteiger partial charge in [-0.15, -0.1) is 0 Å². The summed E-state index contributed by atoms with van der Waals surface area (Å²) in [4.78, 5) is 27.7. The van der Waals surface area contributed by atoms with E-state index in [1.165, 1.54) is 5.56 Å². The van der Waals surface area contributed by atoms with Gasteiger partial charge in [0.25, 0.3) is 0 Å². The number of benzene rings is 1. The molecule has 1 aromatic rings. The fourth-order valence-corrected chi connectivity index (χ4v) is 4.45. The number of ketones is 1. The van der Waals surface area contributed by atoms with E-state index in [0.29, 0.717) is 0 Å². The summed E-state index contributed by atoms with van der Waals surface area (Å²) >= 11 is 0. The van der Waals surface area contributed by atoms with Gasteiger partial charge >= 0.3 is 6.09 Å². The van der Waals surface area contributed by atoms with Gasteiger partial charge in [0.2, 0.25) is 0 Å². The summed E-state index contributed by atoms with van der Waals surface area (Å²) in [5.41, 5.74) is 3.80. The van der Waals surface area contributed by atoms with Gasteiger partial charge in [0.05, 0.1) is 0 Å². The van der Waals surface area contributed by atoms with Crippen LogP contribution in [-0.2, 0) is 4.74 Å². The van der Waals surface area contributed by atoms with Crippen LogP contribution in [0.3, 0.4) is 0 Å². The number of hydrogen-bond donors (Lipinski definition) is 0. The van der Waals surface area contributed by atoms with Crippen LogP contribution in [0.15, 0.2) is 12.1 Å². The molecule has 0 aromatic heterocycles. The quantitative estimate of drug-likeness (QED) is 0.702. The number of ether oxygens (including phenoxy) is 1. The van der Waals surface area contributed by atoms with Crippen LogP contribution in [0.2, 0.25) is 0 Å². The Balaban J connectivity index is 1.76. The van der Waals surface area contributed by atoms with Crippen LogP contribution in [0.25, 0.3) is 0 Å². The fourth-order valence-electron chi connectivity index (χ4n) is 4.45. The molecule has 1 aromatic carbocycles. The van der Waals surface area contributed by atoms with Crippen LogP contribution in [0.1, 0.15) is 73.5 Å². The van der Waals surface area contributed by atoms with E-state index in [1.807, 2.05) is 38.7 Å². The zero-order valence-electron chi connectivity index (χ0n) is 16.9. The van der Waals surface area contributed by atoms with E-state index in [2.05, 4.69) is 19.9 Å². The zero-order chi connectivity index (χ0) is 19.2. The Bertz CT molecular complexity index is 718. The molecule has 0 spiro atoms. The number of carbonyl (C=O) groups is 2. The Kier molecular flexibility index (Phi) is 4.89. The third-order valence-electron chi connectivity index (χ3n) is 5.81. The number of rotatable bonds is 2. The van der Waals surface area contributed by atoms with Crippen molar-refractivity contribution in [1.29, 1.82) is 0 Å². The van der Waals surface area contributed by atoms with Gasteiger partial charge in [-0.3, -0.25) is 4.79 Å². The first-order chi connectivity index (χ1) is 12.1. The van der Waals surface area contributed by atoms with Gasteiger partial charge in [-0.25, -0.2) is 4.79 Å². The van der Waals surface area contributed by atoms with E-state index in [1.54, 1.807) is 0 Å². The smallest absolute Gasteiger partial charge is 0.410 e. The minimum atomic E-state index is -0.486. The van der Waals surface area contributed by atoms with Crippen molar-refractivity contribution in [3.05, 3.63) is 34.4 Å². The van der Waals surface area contributed by atoms with E-state index < -0.39 is 5.60 Å². The Morgan fingerprint density at radius 1 is 0.962 bits per heavy atom. The van der Waals surface area contributed by atoms with Crippen molar-refractivity contribution >= 4 is 11.9 Å². The molecule has 4 heteroatoms. The predicted molar refractivity (Wildman–Crippen MR) is 103 cm³/mol. The highest BCUT2D eigenvalue weighted by molar-refractivity contribution is 5.99. The largest absolute Gasteiger partial charge is 0.444 e. The molecule has 2 unspecified atom stereocenters. The Labute approximate surface area is 156 Å². The van der Waals surface area contributed by atoms with Crippen molar-refractivity contribution in [3.8, 4) is 0 Å². The van der Waals surface area contributed by atoms with E-state index in [9.17, 15) is 9.59 Å². The van der Waals surface area contributed by atoms with Crippen molar-refractivity contribution in [2.45, 2.75) is 84.9 Å². The van der Waals surface area contributed by atoms with Gasteiger partial charge in [-0.05, 0) is 90.0 Å². The first-order valence-corrected chi connectivity index (χ1v) is 9.70. The van der Waals surface area contributed by atoms with Gasteiger partial charge in [-0.2, -0.15) is 0 Å². The second-order valence-corrected chi connectivity index (χ2v) is 9.06. The lowest BCUT2D eigenvalue weighted by atomic mass is 9.83. The normalized spacial score (nSPS) is 25.3. The molecule has 3 rings (SSSR count). The number of hydrogen-bond acceptors (Lipinski definition) is 3. The number of piperidine rings is 1. The molecule has 0 aliphatic carbocycles. The summed E-state index contributed by atoms with van der Waals surface area (Å²) in [6, 6.07) is 4.40. The maximum absolute atomic E-state index is 13.2. The molecular weight excluding hydrogens is 326 g/mol. The minimum absolute atomic E-state index is 0.00647. The third kappa shape index (κ3) is 3.65. The number of aryl methyl sites for hydroxylation is 3. The molecule has 142 valence electrons. The average Bonchev–Trinajstić information content (AvgIpc) is 2.79. The zero-order valence-corrected chi connectivity index (χ0v) is 16.9. The number of nitrogens with zero attached hydrogens (tertiary/aromatic N) is 1. The van der Waals surface area contributed by atoms with Gasteiger partial charge in [0, 0.05) is 23.6 Å². The third-order valence-corrected chi connectivity index (χ3v) is 5.81.